The number of benzene rings is 2. The van der Waals surface area contributed by atoms with Crippen molar-refractivity contribution < 1.29 is 23.5 Å². The van der Waals surface area contributed by atoms with Crippen molar-refractivity contribution in [2.24, 2.45) is 11.8 Å². The van der Waals surface area contributed by atoms with Crippen molar-refractivity contribution in [2.75, 3.05) is 20.2 Å². The van der Waals surface area contributed by atoms with Crippen molar-refractivity contribution >= 4 is 28.9 Å². The summed E-state index contributed by atoms with van der Waals surface area (Å²) >= 11 is 0. The first-order valence-corrected chi connectivity index (χ1v) is 18.6. The highest BCUT2D eigenvalue weighted by Crippen LogP contribution is 2.36. The predicted molar refractivity (Wildman–Crippen MR) is 205 cm³/mol. The van der Waals surface area contributed by atoms with E-state index in [1.165, 1.54) is 7.11 Å². The molecule has 12 heteroatoms. The number of fused-ring (bicyclic) bond motifs is 1. The topological polar surface area (TPSA) is 149 Å². The third-order valence-electron chi connectivity index (χ3n) is 9.85. The van der Waals surface area contributed by atoms with Gasteiger partial charge in [-0.2, -0.15) is 0 Å². The molecule has 1 saturated heterocycles. The van der Waals surface area contributed by atoms with Gasteiger partial charge in [0.1, 0.15) is 29.0 Å². The van der Waals surface area contributed by atoms with Crippen LogP contribution in [0.3, 0.4) is 0 Å². The van der Waals surface area contributed by atoms with Crippen molar-refractivity contribution in [3.8, 4) is 33.8 Å². The third kappa shape index (κ3) is 8.32. The highest BCUT2D eigenvalue weighted by molar-refractivity contribution is 5.88. The summed E-state index contributed by atoms with van der Waals surface area (Å²) < 4.78 is 11.1. The molecule has 0 saturated carbocycles. The number of aryl methyl sites for hydroxylation is 1. The number of hydrogen-bond donors (Lipinski definition) is 3. The molecule has 5 aromatic rings. The van der Waals surface area contributed by atoms with Gasteiger partial charge in [0.25, 0.3) is 0 Å². The van der Waals surface area contributed by atoms with Gasteiger partial charge in [0.15, 0.2) is 0 Å². The van der Waals surface area contributed by atoms with Crippen LogP contribution in [0.25, 0.3) is 44.8 Å². The van der Waals surface area contributed by atoms with Crippen molar-refractivity contribution in [3.05, 3.63) is 72.1 Å². The SMILES string of the molecule is CCCN(Cc1nc(-c2ccc(-c3cc4cc(-c5cnc([C@@H]6CCCN6C(=O)CC(C)C)[nH]5)ccc4o3)c(C)c2)c[nH]1)C(=O)[C@@H](NC(=O)OC)C(C)C. The largest absolute Gasteiger partial charge is 0.456 e. The van der Waals surface area contributed by atoms with Crippen LogP contribution in [0.1, 0.15) is 83.6 Å². The summed E-state index contributed by atoms with van der Waals surface area (Å²) in [5.41, 5.74) is 6.43. The van der Waals surface area contributed by atoms with Crippen molar-refractivity contribution in [1.82, 2.24) is 35.1 Å². The molecule has 1 aliphatic heterocycles. The minimum Gasteiger partial charge on any atom is -0.456 e. The second-order valence-electron chi connectivity index (χ2n) is 14.8. The van der Waals surface area contributed by atoms with Crippen LogP contribution in [-0.2, 0) is 20.9 Å². The van der Waals surface area contributed by atoms with Crippen LogP contribution in [0.4, 0.5) is 4.79 Å². The van der Waals surface area contributed by atoms with Crippen molar-refractivity contribution in [3.63, 3.8) is 0 Å². The minimum absolute atomic E-state index is 0.0162. The van der Waals surface area contributed by atoms with Crippen LogP contribution >= 0.6 is 0 Å². The molecule has 0 bridgehead atoms. The van der Waals surface area contributed by atoms with Gasteiger partial charge in [0, 0.05) is 47.8 Å². The fraction of sp³-hybridized carbons (Fsp3) is 0.439. The Morgan fingerprint density at radius 1 is 1.09 bits per heavy atom. The van der Waals surface area contributed by atoms with Gasteiger partial charge in [-0.15, -0.1) is 0 Å². The second kappa shape index (κ2) is 16.1. The number of aromatic nitrogens is 4. The standard InChI is InChI=1S/C41H51N7O5/c1-8-15-47(40(50)38(25(4)5)46-41(51)52-7)23-36-42-21-31(44-36)27-11-13-30(26(6)18-27)35-20-29-19-28(12-14-34(29)53-35)32-22-43-39(45-32)33-10-9-16-48(33)37(49)17-24(2)3/h11-14,18-22,24-25,33,38H,8-10,15-17,23H2,1-7H3,(H,42,44)(H,43,45)(H,46,51)/t33-,38-/m0/s1. The van der Waals surface area contributed by atoms with Gasteiger partial charge in [-0.3, -0.25) is 9.59 Å². The van der Waals surface area contributed by atoms with E-state index in [0.717, 1.165) is 82.0 Å². The van der Waals surface area contributed by atoms with Crippen LogP contribution in [0, 0.1) is 18.8 Å². The van der Waals surface area contributed by atoms with Crippen LogP contribution in [0.5, 0.6) is 0 Å². The Morgan fingerprint density at radius 3 is 2.60 bits per heavy atom. The molecule has 0 aliphatic carbocycles. The molecule has 53 heavy (non-hydrogen) atoms. The minimum atomic E-state index is -0.706. The maximum absolute atomic E-state index is 13.5. The summed E-state index contributed by atoms with van der Waals surface area (Å²) in [5, 5.41) is 3.66. The normalized spacial score (nSPS) is 15.0. The molecule has 6 rings (SSSR count). The fourth-order valence-electron chi connectivity index (χ4n) is 7.12. The van der Waals surface area contributed by atoms with E-state index in [2.05, 4.69) is 54.3 Å². The Bertz CT molecular complexity index is 2080. The van der Waals surface area contributed by atoms with E-state index in [1.54, 1.807) is 4.90 Å². The summed E-state index contributed by atoms with van der Waals surface area (Å²) in [5.74, 6) is 2.48. The molecule has 4 heterocycles. The highest BCUT2D eigenvalue weighted by atomic mass is 16.5. The maximum atomic E-state index is 13.5. The van der Waals surface area contributed by atoms with E-state index in [9.17, 15) is 14.4 Å². The van der Waals surface area contributed by atoms with Gasteiger partial charge in [-0.05, 0) is 73.9 Å². The molecule has 3 amide bonds. The average molecular weight is 722 g/mol. The Hall–Kier alpha value is -5.39. The lowest BCUT2D eigenvalue weighted by atomic mass is 10.0. The number of nitrogens with zero attached hydrogens (tertiary/aromatic N) is 4. The van der Waals surface area contributed by atoms with Crippen molar-refractivity contribution in [1.29, 1.82) is 0 Å². The van der Waals surface area contributed by atoms with Gasteiger partial charge < -0.3 is 34.2 Å². The third-order valence-corrected chi connectivity index (χ3v) is 9.85. The number of ether oxygens (including phenoxy) is 1. The first-order chi connectivity index (χ1) is 25.4. The molecule has 0 radical (unpaired) electrons. The lowest BCUT2D eigenvalue weighted by Crippen LogP contribution is -2.51. The van der Waals surface area contributed by atoms with Crippen molar-refractivity contribution in [2.45, 2.75) is 85.9 Å². The number of alkyl carbamates (subject to hydrolysis) is 1. The predicted octanol–water partition coefficient (Wildman–Crippen LogP) is 8.02. The quantitative estimate of drug-likeness (QED) is 0.111. The number of aromatic amines is 2. The van der Waals surface area contributed by atoms with Crippen LogP contribution in [0.2, 0.25) is 0 Å². The Morgan fingerprint density at radius 2 is 1.89 bits per heavy atom. The highest BCUT2D eigenvalue weighted by Gasteiger charge is 2.32. The molecular formula is C41H51N7O5. The van der Waals surface area contributed by atoms with E-state index in [-0.39, 0.29) is 30.3 Å². The Kier molecular flexibility index (Phi) is 11.4. The van der Waals surface area contributed by atoms with Gasteiger partial charge in [0.05, 0.1) is 37.3 Å². The second-order valence-corrected chi connectivity index (χ2v) is 14.8. The molecule has 2 aromatic carbocycles. The van der Waals surface area contributed by atoms with Crippen LogP contribution < -0.4 is 5.32 Å². The molecular weight excluding hydrogens is 670 g/mol. The van der Waals surface area contributed by atoms with Gasteiger partial charge in [-0.1, -0.05) is 46.8 Å². The number of imidazole rings is 2. The van der Waals surface area contributed by atoms with E-state index in [0.29, 0.717) is 24.7 Å². The zero-order valence-corrected chi connectivity index (χ0v) is 31.8. The Balaban J connectivity index is 1.16. The molecule has 280 valence electrons. The van der Waals surface area contributed by atoms with E-state index in [1.807, 2.05) is 62.3 Å². The first-order valence-electron chi connectivity index (χ1n) is 18.6. The fourth-order valence-corrected chi connectivity index (χ4v) is 7.12. The van der Waals surface area contributed by atoms with Crippen LogP contribution in [-0.4, -0.2) is 73.9 Å². The molecule has 3 N–H and O–H groups in total. The number of hydrogen-bond acceptors (Lipinski definition) is 7. The first kappa shape index (κ1) is 37.4. The number of amides is 3. The number of nitrogens with one attached hydrogen (secondary N) is 3. The number of methoxy groups -OCH3 is 1. The molecule has 0 unspecified atom stereocenters. The van der Waals surface area contributed by atoms with Crippen LogP contribution in [0.15, 0.2) is 59.3 Å². The Labute approximate surface area is 310 Å². The monoisotopic (exact) mass is 721 g/mol. The summed E-state index contributed by atoms with van der Waals surface area (Å²) in [4.78, 5) is 58.3. The van der Waals surface area contributed by atoms with E-state index >= 15 is 0 Å². The lowest BCUT2D eigenvalue weighted by Gasteiger charge is -2.28. The molecule has 3 aromatic heterocycles. The zero-order valence-electron chi connectivity index (χ0n) is 31.8. The molecule has 1 fully saturated rings. The van der Waals surface area contributed by atoms with Gasteiger partial charge >= 0.3 is 6.09 Å². The number of carbonyl (C=O) groups is 3. The summed E-state index contributed by atoms with van der Waals surface area (Å²) in [7, 11) is 1.29. The summed E-state index contributed by atoms with van der Waals surface area (Å²) in [6, 6.07) is 13.6. The molecule has 12 nitrogen and oxygen atoms in total. The summed E-state index contributed by atoms with van der Waals surface area (Å²) in [6.45, 7) is 13.6. The molecule has 0 spiro atoms. The van der Waals surface area contributed by atoms with E-state index < -0.39 is 12.1 Å². The smallest absolute Gasteiger partial charge is 0.407 e. The zero-order chi connectivity index (χ0) is 37.8. The van der Waals surface area contributed by atoms with Gasteiger partial charge in [-0.25, -0.2) is 14.8 Å². The molecule has 2 atom stereocenters. The number of rotatable bonds is 13. The van der Waals surface area contributed by atoms with E-state index in [4.69, 9.17) is 19.1 Å². The number of H-pyrrole nitrogens is 2. The molecule has 1 aliphatic rings. The average Bonchev–Trinajstić information content (AvgIpc) is 3.95. The summed E-state index contributed by atoms with van der Waals surface area (Å²) in [6.07, 6.45) is 6.28. The lowest BCUT2D eigenvalue weighted by molar-refractivity contribution is -0.135. The number of carbonyl (C=O) groups excluding carboxylic acids is 3. The van der Waals surface area contributed by atoms with Gasteiger partial charge in [0.2, 0.25) is 11.8 Å². The number of likely N-dealkylation sites (tertiary alicyclic amines) is 1. The maximum Gasteiger partial charge on any atom is 0.407 e. The number of furan rings is 1.